The second-order valence-electron chi connectivity index (χ2n) is 3.76. The van der Waals surface area contributed by atoms with Crippen LogP contribution in [0, 0.1) is 5.82 Å². The molecule has 88 valence electrons. The number of pyridine rings is 1. The van der Waals surface area contributed by atoms with Gasteiger partial charge in [0.25, 0.3) is 0 Å². The van der Waals surface area contributed by atoms with Crippen LogP contribution in [0.15, 0.2) is 47.1 Å². The molecule has 0 radical (unpaired) electrons. The summed E-state index contributed by atoms with van der Waals surface area (Å²) in [5.41, 5.74) is 1.02. The number of halogens is 2. The molecule has 1 aromatic carbocycles. The van der Waals surface area contributed by atoms with Crippen LogP contribution in [0.4, 0.5) is 10.2 Å². The molecule has 0 aliphatic rings. The van der Waals surface area contributed by atoms with Gasteiger partial charge in [-0.2, -0.15) is 0 Å². The highest BCUT2D eigenvalue weighted by atomic mass is 79.9. The lowest BCUT2D eigenvalue weighted by atomic mass is 10.1. The number of nitrogens with zero attached hydrogens (tertiary/aromatic N) is 1. The zero-order chi connectivity index (χ0) is 12.3. The molecule has 2 rings (SSSR count). The summed E-state index contributed by atoms with van der Waals surface area (Å²) in [5, 5.41) is 3.25. The quantitative estimate of drug-likeness (QED) is 0.860. The van der Waals surface area contributed by atoms with E-state index in [1.165, 1.54) is 12.1 Å². The molecule has 0 saturated heterocycles. The van der Waals surface area contributed by atoms with Crippen LogP contribution in [0.2, 0.25) is 0 Å². The third-order valence-corrected chi connectivity index (χ3v) is 2.89. The van der Waals surface area contributed by atoms with Crippen molar-refractivity contribution in [1.82, 2.24) is 4.98 Å². The van der Waals surface area contributed by atoms with Gasteiger partial charge in [0.05, 0.1) is 0 Å². The Kier molecular flexibility index (Phi) is 3.74. The maximum absolute atomic E-state index is 12.8. The Bertz CT molecular complexity index is 499. The van der Waals surface area contributed by atoms with Crippen LogP contribution < -0.4 is 5.32 Å². The summed E-state index contributed by atoms with van der Waals surface area (Å²) in [5.74, 6) is 0.567. The van der Waals surface area contributed by atoms with Gasteiger partial charge in [0.2, 0.25) is 0 Å². The SMILES string of the molecule is CC(Nc1cccc(Br)n1)c1ccc(F)cc1. The highest BCUT2D eigenvalue weighted by Crippen LogP contribution is 2.19. The third kappa shape index (κ3) is 3.27. The van der Waals surface area contributed by atoms with E-state index < -0.39 is 0 Å². The summed E-state index contributed by atoms with van der Waals surface area (Å²) in [6.45, 7) is 2.01. The lowest BCUT2D eigenvalue weighted by molar-refractivity contribution is 0.626. The van der Waals surface area contributed by atoms with E-state index >= 15 is 0 Å². The van der Waals surface area contributed by atoms with Gasteiger partial charge in [-0.25, -0.2) is 9.37 Å². The predicted molar refractivity (Wildman–Crippen MR) is 70.4 cm³/mol. The van der Waals surface area contributed by atoms with E-state index in [-0.39, 0.29) is 11.9 Å². The average Bonchev–Trinajstić information content (AvgIpc) is 2.29. The standard InChI is InChI=1S/C13H12BrFN2/c1-9(10-5-7-11(15)8-6-10)16-13-4-2-3-12(14)17-13/h2-9H,1H3,(H,16,17). The fourth-order valence-electron chi connectivity index (χ4n) is 1.55. The molecule has 1 unspecified atom stereocenters. The van der Waals surface area contributed by atoms with E-state index in [9.17, 15) is 4.39 Å². The molecular formula is C13H12BrFN2. The number of hydrogen-bond donors (Lipinski definition) is 1. The monoisotopic (exact) mass is 294 g/mol. The Morgan fingerprint density at radius 3 is 2.53 bits per heavy atom. The van der Waals surface area contributed by atoms with Crippen molar-refractivity contribution in [2.45, 2.75) is 13.0 Å². The molecule has 4 heteroatoms. The van der Waals surface area contributed by atoms with Crippen LogP contribution >= 0.6 is 15.9 Å². The fraction of sp³-hybridized carbons (Fsp3) is 0.154. The number of aromatic nitrogens is 1. The Hall–Kier alpha value is -1.42. The van der Waals surface area contributed by atoms with E-state index in [0.717, 1.165) is 16.0 Å². The van der Waals surface area contributed by atoms with Gasteiger partial charge in [0.1, 0.15) is 16.2 Å². The van der Waals surface area contributed by atoms with E-state index in [4.69, 9.17) is 0 Å². The van der Waals surface area contributed by atoms with Gasteiger partial charge >= 0.3 is 0 Å². The molecule has 0 bridgehead atoms. The Balaban J connectivity index is 2.11. The molecule has 1 aromatic heterocycles. The van der Waals surface area contributed by atoms with Gasteiger partial charge in [-0.15, -0.1) is 0 Å². The number of nitrogens with one attached hydrogen (secondary N) is 1. The minimum absolute atomic E-state index is 0.0809. The van der Waals surface area contributed by atoms with Crippen LogP contribution in [0.25, 0.3) is 0 Å². The zero-order valence-corrected chi connectivity index (χ0v) is 10.9. The van der Waals surface area contributed by atoms with Crippen molar-refractivity contribution in [3.63, 3.8) is 0 Å². The van der Waals surface area contributed by atoms with Crippen molar-refractivity contribution >= 4 is 21.7 Å². The topological polar surface area (TPSA) is 24.9 Å². The highest BCUT2D eigenvalue weighted by Gasteiger charge is 2.06. The first-order chi connectivity index (χ1) is 8.15. The first-order valence-corrected chi connectivity index (χ1v) is 6.09. The summed E-state index contributed by atoms with van der Waals surface area (Å²) in [6.07, 6.45) is 0. The zero-order valence-electron chi connectivity index (χ0n) is 9.32. The normalized spacial score (nSPS) is 12.2. The summed E-state index contributed by atoms with van der Waals surface area (Å²) in [6, 6.07) is 12.2. The van der Waals surface area contributed by atoms with Gasteiger partial charge < -0.3 is 5.32 Å². The fourth-order valence-corrected chi connectivity index (χ4v) is 1.89. The van der Waals surface area contributed by atoms with Gasteiger partial charge in [-0.05, 0) is 52.7 Å². The van der Waals surface area contributed by atoms with E-state index in [0.29, 0.717) is 0 Å². The maximum Gasteiger partial charge on any atom is 0.127 e. The molecule has 0 amide bonds. The molecule has 0 fully saturated rings. The largest absolute Gasteiger partial charge is 0.364 e. The molecule has 0 aliphatic carbocycles. The van der Waals surface area contributed by atoms with Crippen molar-refractivity contribution in [3.8, 4) is 0 Å². The van der Waals surface area contributed by atoms with Crippen LogP contribution in [0.5, 0.6) is 0 Å². The Morgan fingerprint density at radius 2 is 1.88 bits per heavy atom. The molecule has 1 N–H and O–H groups in total. The molecule has 0 aliphatic heterocycles. The third-order valence-electron chi connectivity index (χ3n) is 2.45. The number of rotatable bonds is 3. The smallest absolute Gasteiger partial charge is 0.127 e. The van der Waals surface area contributed by atoms with Crippen molar-refractivity contribution in [2.75, 3.05) is 5.32 Å². The second-order valence-corrected chi connectivity index (χ2v) is 4.58. The Morgan fingerprint density at radius 1 is 1.18 bits per heavy atom. The second kappa shape index (κ2) is 5.27. The van der Waals surface area contributed by atoms with Crippen molar-refractivity contribution < 1.29 is 4.39 Å². The summed E-state index contributed by atoms with van der Waals surface area (Å²) in [4.78, 5) is 4.29. The first-order valence-electron chi connectivity index (χ1n) is 5.30. The van der Waals surface area contributed by atoms with Crippen molar-refractivity contribution in [1.29, 1.82) is 0 Å². The molecule has 1 heterocycles. The predicted octanol–water partition coefficient (Wildman–Crippen LogP) is 4.16. The van der Waals surface area contributed by atoms with Crippen molar-refractivity contribution in [2.24, 2.45) is 0 Å². The average molecular weight is 295 g/mol. The van der Waals surface area contributed by atoms with Crippen LogP contribution in [-0.4, -0.2) is 4.98 Å². The Labute approximate surface area is 108 Å². The lowest BCUT2D eigenvalue weighted by Crippen LogP contribution is -2.07. The van der Waals surface area contributed by atoms with Gasteiger partial charge in [0, 0.05) is 6.04 Å². The van der Waals surface area contributed by atoms with Crippen LogP contribution in [-0.2, 0) is 0 Å². The van der Waals surface area contributed by atoms with E-state index in [1.807, 2.05) is 25.1 Å². The minimum Gasteiger partial charge on any atom is -0.364 e. The maximum atomic E-state index is 12.8. The van der Waals surface area contributed by atoms with E-state index in [1.54, 1.807) is 12.1 Å². The number of anilines is 1. The summed E-state index contributed by atoms with van der Waals surface area (Å²) >= 11 is 3.32. The lowest BCUT2D eigenvalue weighted by Gasteiger charge is -2.14. The number of hydrogen-bond acceptors (Lipinski definition) is 2. The van der Waals surface area contributed by atoms with Gasteiger partial charge in [-0.3, -0.25) is 0 Å². The molecular weight excluding hydrogens is 283 g/mol. The molecule has 0 spiro atoms. The van der Waals surface area contributed by atoms with E-state index in [2.05, 4.69) is 26.2 Å². The highest BCUT2D eigenvalue weighted by molar-refractivity contribution is 9.10. The first kappa shape index (κ1) is 12.0. The summed E-state index contributed by atoms with van der Waals surface area (Å²) in [7, 11) is 0. The molecule has 2 nitrogen and oxygen atoms in total. The summed E-state index contributed by atoms with van der Waals surface area (Å²) < 4.78 is 13.6. The van der Waals surface area contributed by atoms with Crippen LogP contribution in [0.1, 0.15) is 18.5 Å². The minimum atomic E-state index is -0.221. The molecule has 1 atom stereocenters. The molecule has 0 saturated carbocycles. The number of benzene rings is 1. The van der Waals surface area contributed by atoms with Crippen LogP contribution in [0.3, 0.4) is 0 Å². The molecule has 17 heavy (non-hydrogen) atoms. The molecule has 2 aromatic rings. The van der Waals surface area contributed by atoms with Gasteiger partial charge in [-0.1, -0.05) is 18.2 Å². The van der Waals surface area contributed by atoms with Crippen molar-refractivity contribution in [3.05, 3.63) is 58.4 Å². The van der Waals surface area contributed by atoms with Gasteiger partial charge in [0.15, 0.2) is 0 Å².